The van der Waals surface area contributed by atoms with Gasteiger partial charge in [0.15, 0.2) is 0 Å². The van der Waals surface area contributed by atoms with Gasteiger partial charge in [-0.3, -0.25) is 0 Å². The summed E-state index contributed by atoms with van der Waals surface area (Å²) in [6.45, 7) is 6.67. The first-order valence-electron chi connectivity index (χ1n) is 5.57. The number of nitrogens with one attached hydrogen (secondary N) is 1. The molecule has 1 aliphatic rings. The Morgan fingerprint density at radius 2 is 2.13 bits per heavy atom. The van der Waals surface area contributed by atoms with Crippen molar-refractivity contribution in [3.8, 4) is 12.3 Å². The summed E-state index contributed by atoms with van der Waals surface area (Å²) in [6.07, 6.45) is 7.37. The normalized spacial score (nSPS) is 17.0. The lowest BCUT2D eigenvalue weighted by molar-refractivity contribution is 0.158. The van der Waals surface area contributed by atoms with Gasteiger partial charge in [-0.2, -0.15) is 0 Å². The van der Waals surface area contributed by atoms with Crippen molar-refractivity contribution in [2.24, 2.45) is 5.92 Å². The molecule has 0 aliphatic heterocycles. The van der Waals surface area contributed by atoms with Crippen LogP contribution in [0.25, 0.3) is 0 Å². The zero-order valence-corrected chi connectivity index (χ0v) is 9.79. The van der Waals surface area contributed by atoms with E-state index in [9.17, 15) is 4.79 Å². The molecule has 1 unspecified atom stereocenters. The average Bonchev–Trinajstić information content (AvgIpc) is 2.98. The van der Waals surface area contributed by atoms with Crippen LogP contribution in [0.15, 0.2) is 0 Å². The van der Waals surface area contributed by atoms with Crippen molar-refractivity contribution < 1.29 is 4.79 Å². The third kappa shape index (κ3) is 3.16. The summed E-state index contributed by atoms with van der Waals surface area (Å²) < 4.78 is 0. The second kappa shape index (κ2) is 5.06. The predicted octanol–water partition coefficient (Wildman–Crippen LogP) is 1.84. The molecule has 1 aliphatic carbocycles. The van der Waals surface area contributed by atoms with Gasteiger partial charge in [0.2, 0.25) is 0 Å². The lowest BCUT2D eigenvalue weighted by atomic mass is 10.0. The minimum Gasteiger partial charge on any atom is -0.327 e. The van der Waals surface area contributed by atoms with E-state index in [-0.39, 0.29) is 12.1 Å². The molecule has 1 fully saturated rings. The molecule has 84 valence electrons. The van der Waals surface area contributed by atoms with Gasteiger partial charge >= 0.3 is 6.03 Å². The highest BCUT2D eigenvalue weighted by Crippen LogP contribution is 2.30. The van der Waals surface area contributed by atoms with Gasteiger partial charge in [-0.1, -0.05) is 19.8 Å². The van der Waals surface area contributed by atoms with Crippen molar-refractivity contribution in [2.75, 3.05) is 6.54 Å². The van der Waals surface area contributed by atoms with Crippen LogP contribution in [0.1, 0.15) is 33.6 Å². The fourth-order valence-corrected chi connectivity index (χ4v) is 1.58. The average molecular weight is 208 g/mol. The summed E-state index contributed by atoms with van der Waals surface area (Å²) in [5.41, 5.74) is 0. The summed E-state index contributed by atoms with van der Waals surface area (Å²) in [7, 11) is 0. The van der Waals surface area contributed by atoms with Crippen molar-refractivity contribution >= 4 is 6.03 Å². The number of urea groups is 1. The monoisotopic (exact) mass is 208 g/mol. The number of carbonyl (C=O) groups is 1. The molecule has 0 aromatic carbocycles. The highest BCUT2D eigenvalue weighted by Gasteiger charge is 2.36. The van der Waals surface area contributed by atoms with Gasteiger partial charge in [0.05, 0.1) is 6.54 Å². The van der Waals surface area contributed by atoms with E-state index in [1.54, 1.807) is 0 Å². The molecular weight excluding hydrogens is 188 g/mol. The van der Waals surface area contributed by atoms with E-state index in [1.165, 1.54) is 0 Å². The second-order valence-electron chi connectivity index (χ2n) is 4.49. The highest BCUT2D eigenvalue weighted by atomic mass is 16.2. The molecule has 1 N–H and O–H groups in total. The van der Waals surface area contributed by atoms with Gasteiger partial charge < -0.3 is 10.2 Å². The summed E-state index contributed by atoms with van der Waals surface area (Å²) in [5, 5.41) is 2.74. The van der Waals surface area contributed by atoms with Crippen molar-refractivity contribution in [3.05, 3.63) is 0 Å². The molecular formula is C12H20N2O. The molecule has 1 saturated carbocycles. The van der Waals surface area contributed by atoms with Crippen molar-refractivity contribution in [3.63, 3.8) is 0 Å². The number of rotatable bonds is 4. The highest BCUT2D eigenvalue weighted by molar-refractivity contribution is 5.75. The smallest absolute Gasteiger partial charge is 0.318 e. The first-order valence-corrected chi connectivity index (χ1v) is 5.57. The molecule has 0 heterocycles. The molecule has 0 aromatic rings. The lowest BCUT2D eigenvalue weighted by Gasteiger charge is -2.31. The number of amides is 2. The van der Waals surface area contributed by atoms with Crippen LogP contribution in [0.5, 0.6) is 0 Å². The first-order chi connectivity index (χ1) is 7.07. The van der Waals surface area contributed by atoms with Crippen LogP contribution in [0, 0.1) is 18.3 Å². The Balaban J connectivity index is 2.57. The number of hydrogen-bond acceptors (Lipinski definition) is 1. The maximum atomic E-state index is 11.8. The number of carbonyl (C=O) groups excluding carboxylic acids is 1. The molecule has 1 atom stereocenters. The quantitative estimate of drug-likeness (QED) is 0.702. The van der Waals surface area contributed by atoms with Gasteiger partial charge in [0, 0.05) is 12.1 Å². The number of terminal acetylenes is 1. The predicted molar refractivity (Wildman–Crippen MR) is 61.4 cm³/mol. The standard InChI is InChI=1S/C12H20N2O/c1-5-8-13-12(15)14(11-6-7-11)10(4)9(2)3/h1,9-11H,6-8H2,2-4H3,(H,13,15). The Bertz CT molecular complexity index is 263. The maximum absolute atomic E-state index is 11.8. The zero-order valence-electron chi connectivity index (χ0n) is 9.79. The summed E-state index contributed by atoms with van der Waals surface area (Å²) in [5.74, 6) is 2.90. The molecule has 0 radical (unpaired) electrons. The van der Waals surface area contributed by atoms with Crippen LogP contribution in [-0.2, 0) is 0 Å². The fourth-order valence-electron chi connectivity index (χ4n) is 1.58. The van der Waals surface area contributed by atoms with Crippen molar-refractivity contribution in [1.29, 1.82) is 0 Å². The number of nitrogens with zero attached hydrogens (tertiary/aromatic N) is 1. The van der Waals surface area contributed by atoms with Crippen molar-refractivity contribution in [1.82, 2.24) is 10.2 Å². The fraction of sp³-hybridized carbons (Fsp3) is 0.750. The van der Waals surface area contributed by atoms with E-state index in [1.807, 2.05) is 4.90 Å². The van der Waals surface area contributed by atoms with Gasteiger partial charge in [-0.15, -0.1) is 6.42 Å². The van der Waals surface area contributed by atoms with Gasteiger partial charge in [0.25, 0.3) is 0 Å². The maximum Gasteiger partial charge on any atom is 0.318 e. The van der Waals surface area contributed by atoms with Gasteiger partial charge in [-0.25, -0.2) is 4.79 Å². The zero-order chi connectivity index (χ0) is 11.4. The van der Waals surface area contributed by atoms with Crippen LogP contribution in [0.2, 0.25) is 0 Å². The third-order valence-electron chi connectivity index (χ3n) is 2.92. The Kier molecular flexibility index (Phi) is 4.02. The molecule has 3 heteroatoms. The molecule has 0 saturated heterocycles. The van der Waals surface area contributed by atoms with Crippen LogP contribution in [0.4, 0.5) is 4.79 Å². The SMILES string of the molecule is C#CCNC(=O)N(C1CC1)C(C)C(C)C. The molecule has 1 rings (SSSR count). The Labute approximate surface area is 92.2 Å². The van der Waals surface area contributed by atoms with Gasteiger partial charge in [-0.05, 0) is 25.7 Å². The van der Waals surface area contributed by atoms with E-state index in [0.29, 0.717) is 18.5 Å². The van der Waals surface area contributed by atoms with Crippen LogP contribution >= 0.6 is 0 Å². The molecule has 15 heavy (non-hydrogen) atoms. The van der Waals surface area contributed by atoms with E-state index in [2.05, 4.69) is 32.0 Å². The minimum absolute atomic E-state index is 0.0170. The lowest BCUT2D eigenvalue weighted by Crippen LogP contribution is -2.48. The molecule has 2 amide bonds. The van der Waals surface area contributed by atoms with Crippen molar-refractivity contribution in [2.45, 2.75) is 45.7 Å². The summed E-state index contributed by atoms with van der Waals surface area (Å²) in [6, 6.07) is 0.687. The summed E-state index contributed by atoms with van der Waals surface area (Å²) in [4.78, 5) is 13.8. The Morgan fingerprint density at radius 1 is 1.53 bits per heavy atom. The van der Waals surface area contributed by atoms with E-state index >= 15 is 0 Å². The van der Waals surface area contributed by atoms with Gasteiger partial charge in [0.1, 0.15) is 0 Å². The molecule has 0 aromatic heterocycles. The molecule has 3 nitrogen and oxygen atoms in total. The largest absolute Gasteiger partial charge is 0.327 e. The summed E-state index contributed by atoms with van der Waals surface area (Å²) >= 11 is 0. The minimum atomic E-state index is -0.0170. The van der Waals surface area contributed by atoms with E-state index in [4.69, 9.17) is 6.42 Å². The van der Waals surface area contributed by atoms with Crippen LogP contribution in [-0.4, -0.2) is 29.6 Å². The topological polar surface area (TPSA) is 32.3 Å². The first kappa shape index (κ1) is 11.9. The Hall–Kier alpha value is -1.17. The van der Waals surface area contributed by atoms with Crippen LogP contribution < -0.4 is 5.32 Å². The molecule has 0 spiro atoms. The molecule has 0 bridgehead atoms. The van der Waals surface area contributed by atoms with Crippen LogP contribution in [0.3, 0.4) is 0 Å². The van der Waals surface area contributed by atoms with E-state index < -0.39 is 0 Å². The second-order valence-corrected chi connectivity index (χ2v) is 4.49. The number of hydrogen-bond donors (Lipinski definition) is 1. The third-order valence-corrected chi connectivity index (χ3v) is 2.92. The Morgan fingerprint density at radius 3 is 2.53 bits per heavy atom. The van der Waals surface area contributed by atoms with E-state index in [0.717, 1.165) is 12.8 Å².